The highest BCUT2D eigenvalue weighted by molar-refractivity contribution is 6.32. The summed E-state index contributed by atoms with van der Waals surface area (Å²) in [6, 6.07) is 15.3. The first kappa shape index (κ1) is 15.2. The molecule has 0 heterocycles. The molecule has 0 bridgehead atoms. The maximum atomic E-state index is 8.87. The Labute approximate surface area is 130 Å². The average molecular weight is 301 g/mol. The van der Waals surface area contributed by atoms with Gasteiger partial charge >= 0.3 is 0 Å². The third kappa shape index (κ3) is 4.14. The van der Waals surface area contributed by atoms with E-state index in [-0.39, 0.29) is 6.10 Å². The fraction of sp³-hybridized carbons (Fsp3) is 0.235. The number of nitrogens with zero attached hydrogens (tertiary/aromatic N) is 1. The molecule has 0 aliphatic rings. The van der Waals surface area contributed by atoms with Gasteiger partial charge in [-0.3, -0.25) is 0 Å². The van der Waals surface area contributed by atoms with Gasteiger partial charge in [-0.05, 0) is 38.1 Å². The minimum atomic E-state index is 0.135. The first-order chi connectivity index (χ1) is 10.1. The number of ether oxygens (including phenoxy) is 1. The quantitative estimate of drug-likeness (QED) is 0.877. The SMILES string of the molecule is CC(C)Oc1ccccc1CNc1ccc(C#N)c(Cl)c1. The van der Waals surface area contributed by atoms with Crippen molar-refractivity contribution in [3.8, 4) is 11.8 Å². The van der Waals surface area contributed by atoms with E-state index in [4.69, 9.17) is 21.6 Å². The lowest BCUT2D eigenvalue weighted by Crippen LogP contribution is -2.09. The normalized spacial score (nSPS) is 10.2. The van der Waals surface area contributed by atoms with Crippen LogP contribution < -0.4 is 10.1 Å². The third-order valence-electron chi connectivity index (χ3n) is 2.91. The van der Waals surface area contributed by atoms with Gasteiger partial charge in [0.2, 0.25) is 0 Å². The van der Waals surface area contributed by atoms with Crippen molar-refractivity contribution in [2.45, 2.75) is 26.5 Å². The fourth-order valence-corrected chi connectivity index (χ4v) is 2.15. The van der Waals surface area contributed by atoms with Crippen molar-refractivity contribution in [1.82, 2.24) is 0 Å². The highest BCUT2D eigenvalue weighted by atomic mass is 35.5. The predicted molar refractivity (Wildman–Crippen MR) is 85.7 cm³/mol. The van der Waals surface area contributed by atoms with Gasteiger partial charge in [0.05, 0.1) is 16.7 Å². The minimum Gasteiger partial charge on any atom is -0.491 e. The molecule has 3 nitrogen and oxygen atoms in total. The summed E-state index contributed by atoms with van der Waals surface area (Å²) < 4.78 is 5.78. The monoisotopic (exact) mass is 300 g/mol. The van der Waals surface area contributed by atoms with Crippen LogP contribution in [0.15, 0.2) is 42.5 Å². The van der Waals surface area contributed by atoms with Crippen molar-refractivity contribution in [3.05, 3.63) is 58.6 Å². The number of halogens is 1. The van der Waals surface area contributed by atoms with Crippen molar-refractivity contribution in [2.75, 3.05) is 5.32 Å². The second-order valence-electron chi connectivity index (χ2n) is 4.93. The number of hydrogen-bond acceptors (Lipinski definition) is 3. The first-order valence-electron chi connectivity index (χ1n) is 6.78. The van der Waals surface area contributed by atoms with Gasteiger partial charge in [-0.2, -0.15) is 5.26 Å². The smallest absolute Gasteiger partial charge is 0.124 e. The lowest BCUT2D eigenvalue weighted by molar-refractivity contribution is 0.240. The summed E-state index contributed by atoms with van der Waals surface area (Å²) in [6.07, 6.45) is 0.135. The van der Waals surface area contributed by atoms with Crippen molar-refractivity contribution >= 4 is 17.3 Å². The van der Waals surface area contributed by atoms with Crippen LogP contribution in [0.3, 0.4) is 0 Å². The zero-order chi connectivity index (χ0) is 15.2. The molecule has 0 saturated carbocycles. The maximum Gasteiger partial charge on any atom is 0.124 e. The van der Waals surface area contributed by atoms with E-state index in [1.807, 2.05) is 50.2 Å². The number of nitriles is 1. The molecule has 0 aliphatic heterocycles. The van der Waals surface area contributed by atoms with Crippen LogP contribution in [0.2, 0.25) is 5.02 Å². The second-order valence-corrected chi connectivity index (χ2v) is 5.34. The van der Waals surface area contributed by atoms with Crippen molar-refractivity contribution in [2.24, 2.45) is 0 Å². The Balaban J connectivity index is 2.10. The Morgan fingerprint density at radius 2 is 2.00 bits per heavy atom. The summed E-state index contributed by atoms with van der Waals surface area (Å²) in [6.45, 7) is 4.64. The molecule has 108 valence electrons. The number of rotatable bonds is 5. The van der Waals surface area contributed by atoms with Crippen molar-refractivity contribution < 1.29 is 4.74 Å². The Kier molecular flexibility index (Phi) is 5.08. The molecule has 0 amide bonds. The molecule has 0 aromatic heterocycles. The summed E-state index contributed by atoms with van der Waals surface area (Å²) in [4.78, 5) is 0. The lowest BCUT2D eigenvalue weighted by atomic mass is 10.2. The first-order valence-corrected chi connectivity index (χ1v) is 7.16. The fourth-order valence-electron chi connectivity index (χ4n) is 1.93. The maximum absolute atomic E-state index is 8.87. The van der Waals surface area contributed by atoms with E-state index in [0.29, 0.717) is 17.1 Å². The molecule has 21 heavy (non-hydrogen) atoms. The number of nitrogens with one attached hydrogen (secondary N) is 1. The number of benzene rings is 2. The van der Waals surface area contributed by atoms with Gasteiger partial charge in [-0.25, -0.2) is 0 Å². The Bertz CT molecular complexity index is 662. The topological polar surface area (TPSA) is 45.0 Å². The molecular formula is C17H17ClN2O. The molecule has 2 aromatic carbocycles. The molecule has 2 rings (SSSR count). The standard InChI is InChI=1S/C17H17ClN2O/c1-12(2)21-17-6-4-3-5-14(17)11-20-15-8-7-13(10-19)16(18)9-15/h3-9,12,20H,11H2,1-2H3. The summed E-state index contributed by atoms with van der Waals surface area (Å²) in [5.74, 6) is 0.875. The zero-order valence-corrected chi connectivity index (χ0v) is 12.8. The van der Waals surface area contributed by atoms with Gasteiger partial charge in [0.15, 0.2) is 0 Å². The van der Waals surface area contributed by atoms with Gasteiger partial charge in [-0.15, -0.1) is 0 Å². The zero-order valence-electron chi connectivity index (χ0n) is 12.1. The van der Waals surface area contributed by atoms with Crippen LogP contribution in [0.1, 0.15) is 25.0 Å². The summed E-state index contributed by atoms with van der Waals surface area (Å²) in [5, 5.41) is 12.6. The molecule has 0 aliphatic carbocycles. The average Bonchev–Trinajstić information content (AvgIpc) is 2.46. The van der Waals surface area contributed by atoms with Crippen LogP contribution in [0.25, 0.3) is 0 Å². The van der Waals surface area contributed by atoms with Crippen LogP contribution in [-0.2, 0) is 6.54 Å². The Morgan fingerprint density at radius 3 is 2.67 bits per heavy atom. The Morgan fingerprint density at radius 1 is 1.24 bits per heavy atom. The van der Waals surface area contributed by atoms with Crippen LogP contribution in [0, 0.1) is 11.3 Å². The highest BCUT2D eigenvalue weighted by Gasteiger charge is 2.06. The molecule has 0 radical (unpaired) electrons. The van der Waals surface area contributed by atoms with E-state index in [9.17, 15) is 0 Å². The minimum absolute atomic E-state index is 0.135. The number of hydrogen-bond donors (Lipinski definition) is 1. The van der Waals surface area contributed by atoms with Gasteiger partial charge in [0, 0.05) is 17.8 Å². The molecule has 0 fully saturated rings. The van der Waals surface area contributed by atoms with Gasteiger partial charge in [0.25, 0.3) is 0 Å². The van der Waals surface area contributed by atoms with Crippen LogP contribution in [0.5, 0.6) is 5.75 Å². The van der Waals surface area contributed by atoms with E-state index in [1.165, 1.54) is 0 Å². The summed E-state index contributed by atoms with van der Waals surface area (Å²) >= 11 is 6.02. The predicted octanol–water partition coefficient (Wildman–Crippen LogP) is 4.61. The van der Waals surface area contributed by atoms with Crippen molar-refractivity contribution in [1.29, 1.82) is 5.26 Å². The third-order valence-corrected chi connectivity index (χ3v) is 3.22. The number of anilines is 1. The number of para-hydroxylation sites is 1. The van der Waals surface area contributed by atoms with Crippen LogP contribution >= 0.6 is 11.6 Å². The van der Waals surface area contributed by atoms with E-state index in [1.54, 1.807) is 12.1 Å². The summed E-state index contributed by atoms with van der Waals surface area (Å²) in [5.41, 5.74) is 2.43. The van der Waals surface area contributed by atoms with E-state index >= 15 is 0 Å². The summed E-state index contributed by atoms with van der Waals surface area (Å²) in [7, 11) is 0. The van der Waals surface area contributed by atoms with Gasteiger partial charge < -0.3 is 10.1 Å². The second kappa shape index (κ2) is 7.01. The molecule has 0 atom stereocenters. The van der Waals surface area contributed by atoms with E-state index in [2.05, 4.69) is 5.32 Å². The molecule has 4 heteroatoms. The van der Waals surface area contributed by atoms with Crippen LogP contribution in [-0.4, -0.2) is 6.10 Å². The molecule has 0 spiro atoms. The molecular weight excluding hydrogens is 284 g/mol. The molecule has 2 aromatic rings. The van der Waals surface area contributed by atoms with Gasteiger partial charge in [-0.1, -0.05) is 29.8 Å². The molecule has 0 saturated heterocycles. The van der Waals surface area contributed by atoms with Gasteiger partial charge in [0.1, 0.15) is 11.8 Å². The largest absolute Gasteiger partial charge is 0.491 e. The van der Waals surface area contributed by atoms with Crippen molar-refractivity contribution in [3.63, 3.8) is 0 Å². The lowest BCUT2D eigenvalue weighted by Gasteiger charge is -2.15. The molecule has 0 unspecified atom stereocenters. The van der Waals surface area contributed by atoms with E-state index < -0.39 is 0 Å². The highest BCUT2D eigenvalue weighted by Crippen LogP contribution is 2.23. The Hall–Kier alpha value is -2.18. The van der Waals surface area contributed by atoms with Crippen LogP contribution in [0.4, 0.5) is 5.69 Å². The molecule has 1 N–H and O–H groups in total. The van der Waals surface area contributed by atoms with E-state index in [0.717, 1.165) is 17.0 Å².